The number of nitrogens with zero attached hydrogens (tertiary/aromatic N) is 7. The first-order valence-corrected chi connectivity index (χ1v) is 17.8. The maximum atomic E-state index is 15.0. The van der Waals surface area contributed by atoms with E-state index in [1.165, 1.54) is 18.2 Å². The predicted molar refractivity (Wildman–Crippen MR) is 188 cm³/mol. The molecule has 3 heterocycles. The molecule has 2 saturated carbocycles. The Hall–Kier alpha value is -4.86. The number of aliphatic imine (C=N–C) groups is 1. The van der Waals surface area contributed by atoms with Crippen LogP contribution in [0.4, 0.5) is 22.0 Å². The lowest BCUT2D eigenvalue weighted by Gasteiger charge is -2.35. The SMILES string of the molecule is CC(C)(C)C[C@]1(c2ccc(-c3cnn(C4CC4)c3)cc2)N=C(N)N([C@H](COC(=O)CC2(C(F)(F)F)CC2)c2ccc(Cl)c(-c3ncnn3C(F)F)c2)C1=O. The molecule has 0 bridgehead atoms. The highest BCUT2D eigenvalue weighted by molar-refractivity contribution is 6.33. The molecule has 11 nitrogen and oxygen atoms in total. The quantitative estimate of drug-likeness (QED) is 0.114. The van der Waals surface area contributed by atoms with Crippen molar-refractivity contribution in [2.75, 3.05) is 6.61 Å². The summed E-state index contributed by atoms with van der Waals surface area (Å²) in [5.74, 6) is -2.22. The van der Waals surface area contributed by atoms with Gasteiger partial charge in [-0.2, -0.15) is 36.8 Å². The van der Waals surface area contributed by atoms with E-state index in [0.29, 0.717) is 16.3 Å². The fourth-order valence-electron chi connectivity index (χ4n) is 7.08. The van der Waals surface area contributed by atoms with Crippen molar-refractivity contribution < 1.29 is 36.3 Å². The summed E-state index contributed by atoms with van der Waals surface area (Å²) in [4.78, 5) is 37.9. The Bertz CT molecular complexity index is 2100. The minimum absolute atomic E-state index is 0.0148. The topological polar surface area (TPSA) is 134 Å². The highest BCUT2D eigenvalue weighted by atomic mass is 35.5. The zero-order valence-electron chi connectivity index (χ0n) is 29.7. The minimum Gasteiger partial charge on any atom is -0.463 e. The second-order valence-electron chi connectivity index (χ2n) is 15.5. The lowest BCUT2D eigenvalue weighted by Crippen LogP contribution is -2.47. The molecule has 0 unspecified atom stereocenters. The van der Waals surface area contributed by atoms with Gasteiger partial charge in [-0.25, -0.2) is 9.98 Å². The van der Waals surface area contributed by atoms with Crippen molar-refractivity contribution >= 4 is 29.4 Å². The number of carbonyl (C=O) groups is 2. The van der Waals surface area contributed by atoms with Gasteiger partial charge in [-0.15, -0.1) is 0 Å². The molecule has 2 N–H and O–H groups in total. The van der Waals surface area contributed by atoms with Crippen molar-refractivity contribution in [1.29, 1.82) is 0 Å². The van der Waals surface area contributed by atoms with Crippen LogP contribution in [0.25, 0.3) is 22.5 Å². The molecule has 1 aliphatic heterocycles. The van der Waals surface area contributed by atoms with Gasteiger partial charge < -0.3 is 10.5 Å². The van der Waals surface area contributed by atoms with Gasteiger partial charge in [0.15, 0.2) is 17.3 Å². The first-order valence-electron chi connectivity index (χ1n) is 17.5. The largest absolute Gasteiger partial charge is 0.463 e. The number of hydrogen-bond acceptors (Lipinski definition) is 8. The second kappa shape index (κ2) is 13.5. The van der Waals surface area contributed by atoms with Crippen molar-refractivity contribution in [3.05, 3.63) is 77.3 Å². The summed E-state index contributed by atoms with van der Waals surface area (Å²) in [5.41, 5.74) is 4.94. The molecule has 3 aliphatic rings. The fourth-order valence-corrected chi connectivity index (χ4v) is 7.28. The summed E-state index contributed by atoms with van der Waals surface area (Å²) in [6, 6.07) is 10.7. The van der Waals surface area contributed by atoms with Crippen LogP contribution in [0.5, 0.6) is 0 Å². The summed E-state index contributed by atoms with van der Waals surface area (Å²) in [6.45, 7) is 2.12. The first-order chi connectivity index (χ1) is 25.4. The third kappa shape index (κ3) is 7.07. The number of benzene rings is 2. The van der Waals surface area contributed by atoms with Gasteiger partial charge in [-0.1, -0.05) is 62.7 Å². The van der Waals surface area contributed by atoms with Gasteiger partial charge in [0.25, 0.3) is 5.91 Å². The molecule has 2 aliphatic carbocycles. The monoisotopic (exact) mass is 772 g/mol. The molecular formula is C37H38ClF5N8O3. The third-order valence-electron chi connectivity index (χ3n) is 10.2. The molecular weight excluding hydrogens is 735 g/mol. The zero-order chi connectivity index (χ0) is 38.8. The van der Waals surface area contributed by atoms with E-state index in [1.807, 2.05) is 43.8 Å². The molecule has 0 radical (unpaired) electrons. The lowest BCUT2D eigenvalue weighted by atomic mass is 9.75. The van der Waals surface area contributed by atoms with Crippen LogP contribution in [-0.4, -0.2) is 60.1 Å². The number of alkyl halides is 5. The molecule has 17 heteroatoms. The van der Waals surface area contributed by atoms with E-state index in [4.69, 9.17) is 27.1 Å². The minimum atomic E-state index is -4.60. The number of aromatic nitrogens is 5. The van der Waals surface area contributed by atoms with Crippen molar-refractivity contribution in [2.24, 2.45) is 21.6 Å². The van der Waals surface area contributed by atoms with Gasteiger partial charge in [-0.3, -0.25) is 19.2 Å². The molecule has 286 valence electrons. The number of rotatable bonds is 12. The molecule has 2 atom stereocenters. The fraction of sp³-hybridized carbons (Fsp3) is 0.459. The van der Waals surface area contributed by atoms with E-state index < -0.39 is 60.0 Å². The summed E-state index contributed by atoms with van der Waals surface area (Å²) >= 11 is 6.46. The van der Waals surface area contributed by atoms with E-state index in [-0.39, 0.29) is 47.2 Å². The van der Waals surface area contributed by atoms with Crippen LogP contribution in [0.15, 0.2) is 66.2 Å². The van der Waals surface area contributed by atoms with Gasteiger partial charge in [-0.05, 0) is 66.3 Å². The van der Waals surface area contributed by atoms with Gasteiger partial charge >= 0.3 is 18.7 Å². The maximum Gasteiger partial charge on any atom is 0.395 e. The number of hydrogen-bond donors (Lipinski definition) is 1. The van der Waals surface area contributed by atoms with Gasteiger partial charge in [0.1, 0.15) is 12.9 Å². The van der Waals surface area contributed by atoms with Crippen LogP contribution >= 0.6 is 11.6 Å². The summed E-state index contributed by atoms with van der Waals surface area (Å²) in [6.07, 6.45) is 1.13. The Kier molecular flexibility index (Phi) is 9.34. The summed E-state index contributed by atoms with van der Waals surface area (Å²) in [7, 11) is 0. The number of esters is 1. The van der Waals surface area contributed by atoms with E-state index in [0.717, 1.165) is 35.2 Å². The average Bonchev–Trinajstić information content (AvgIpc) is 3.97. The van der Waals surface area contributed by atoms with Gasteiger partial charge in [0.2, 0.25) is 0 Å². The summed E-state index contributed by atoms with van der Waals surface area (Å²) < 4.78 is 76.7. The number of amides is 1. The normalized spacial score (nSPS) is 20.4. The summed E-state index contributed by atoms with van der Waals surface area (Å²) in [5, 5.41) is 8.07. The molecule has 4 aromatic rings. The number of ether oxygens (including phenoxy) is 1. The lowest BCUT2D eigenvalue weighted by molar-refractivity contribution is -0.195. The zero-order valence-corrected chi connectivity index (χ0v) is 30.4. The van der Waals surface area contributed by atoms with E-state index in [9.17, 15) is 31.5 Å². The van der Waals surface area contributed by atoms with Crippen molar-refractivity contribution in [3.8, 4) is 22.5 Å². The first kappa shape index (κ1) is 37.5. The Labute approximate surface area is 312 Å². The van der Waals surface area contributed by atoms with Crippen LogP contribution in [0.2, 0.25) is 5.02 Å². The molecule has 2 fully saturated rings. The highest BCUT2D eigenvalue weighted by Gasteiger charge is 2.64. The Morgan fingerprint density at radius 3 is 2.37 bits per heavy atom. The van der Waals surface area contributed by atoms with Crippen LogP contribution in [0.3, 0.4) is 0 Å². The Morgan fingerprint density at radius 2 is 1.76 bits per heavy atom. The second-order valence-corrected chi connectivity index (χ2v) is 15.9. The Balaban J connectivity index is 1.26. The van der Waals surface area contributed by atoms with Crippen molar-refractivity contribution in [1.82, 2.24) is 29.4 Å². The molecule has 7 rings (SSSR count). The molecule has 2 aromatic heterocycles. The van der Waals surface area contributed by atoms with Crippen molar-refractivity contribution in [2.45, 2.75) is 89.6 Å². The Morgan fingerprint density at radius 1 is 1.06 bits per heavy atom. The maximum absolute atomic E-state index is 15.0. The van der Waals surface area contributed by atoms with E-state index >= 15 is 0 Å². The molecule has 1 amide bonds. The molecule has 0 spiro atoms. The van der Waals surface area contributed by atoms with Gasteiger partial charge in [0, 0.05) is 17.3 Å². The van der Waals surface area contributed by atoms with Crippen LogP contribution in [-0.2, 0) is 19.9 Å². The smallest absolute Gasteiger partial charge is 0.395 e. The predicted octanol–water partition coefficient (Wildman–Crippen LogP) is 8.00. The molecule has 2 aromatic carbocycles. The molecule has 0 saturated heterocycles. The molecule has 54 heavy (non-hydrogen) atoms. The number of carbonyl (C=O) groups excluding carboxylic acids is 2. The van der Waals surface area contributed by atoms with Gasteiger partial charge in [0.05, 0.1) is 35.1 Å². The number of guanidine groups is 1. The third-order valence-corrected chi connectivity index (χ3v) is 10.5. The van der Waals surface area contributed by atoms with Crippen LogP contribution in [0, 0.1) is 10.8 Å². The number of halogens is 6. The van der Waals surface area contributed by atoms with E-state index in [1.54, 1.807) is 18.3 Å². The standard InChI is InChI=1S/C37H38ClF5N8O3/c1-34(2,3)19-36(24-7-4-21(5-8-24)23-16-46-49(17-23)25-9-10-25)31(53)50(33(44)48-36)28(18-54-29(52)15-35(12-13-35)37(41,42)43)22-6-11-27(38)26(14-22)30-45-20-47-51(30)32(39)40/h4-8,11,14,16-17,20,25,28,32H,9-10,12-13,15,18-19H2,1-3H3,(H2,44,48)/t28-,36-/m1/s1. The van der Waals surface area contributed by atoms with E-state index in [2.05, 4.69) is 15.2 Å². The van der Waals surface area contributed by atoms with Crippen molar-refractivity contribution in [3.63, 3.8) is 0 Å². The highest BCUT2D eigenvalue weighted by Crippen LogP contribution is 2.60. The average molecular weight is 773 g/mol. The number of nitrogens with two attached hydrogens (primary N) is 1. The van der Waals surface area contributed by atoms with Crippen LogP contribution in [0.1, 0.15) is 89.1 Å². The van der Waals surface area contributed by atoms with Crippen LogP contribution < -0.4 is 5.73 Å².